The minimum atomic E-state index is -0.420. The van der Waals surface area contributed by atoms with Gasteiger partial charge in [-0.1, -0.05) is 0 Å². The lowest BCUT2D eigenvalue weighted by Gasteiger charge is -2.32. The van der Waals surface area contributed by atoms with Crippen LogP contribution in [0.15, 0.2) is 36.5 Å². The monoisotopic (exact) mass is 371 g/mol. The second-order valence-corrected chi connectivity index (χ2v) is 6.82. The number of nitrogens with zero attached hydrogens (tertiary/aromatic N) is 3. The Balaban J connectivity index is 1.52. The molecule has 0 aliphatic carbocycles. The smallest absolute Gasteiger partial charge is 0.287 e. The SMILES string of the molecule is COc1cc(CCC2CCN(c3ccc([N+](=O)[O-])cn3)CC2)cc(OC)c1. The third-order valence-corrected chi connectivity index (χ3v) is 5.13. The maximum atomic E-state index is 10.7. The summed E-state index contributed by atoms with van der Waals surface area (Å²) in [7, 11) is 3.33. The van der Waals surface area contributed by atoms with Crippen LogP contribution in [0.5, 0.6) is 11.5 Å². The highest BCUT2D eigenvalue weighted by molar-refractivity contribution is 5.43. The van der Waals surface area contributed by atoms with Gasteiger partial charge in [-0.15, -0.1) is 0 Å². The van der Waals surface area contributed by atoms with E-state index in [1.165, 1.54) is 17.8 Å². The van der Waals surface area contributed by atoms with Crippen LogP contribution in [0.3, 0.4) is 0 Å². The molecule has 1 aliphatic rings. The Morgan fingerprint density at radius 1 is 1.15 bits per heavy atom. The number of hydrogen-bond acceptors (Lipinski definition) is 6. The second kappa shape index (κ2) is 8.70. The highest BCUT2D eigenvalue weighted by Crippen LogP contribution is 2.28. The number of piperidine rings is 1. The van der Waals surface area contributed by atoms with Crippen LogP contribution in [0.1, 0.15) is 24.8 Å². The van der Waals surface area contributed by atoms with Gasteiger partial charge in [0.25, 0.3) is 5.69 Å². The number of nitro groups is 1. The zero-order valence-electron chi connectivity index (χ0n) is 15.8. The number of methoxy groups -OCH3 is 2. The van der Waals surface area contributed by atoms with E-state index in [1.54, 1.807) is 20.3 Å². The van der Waals surface area contributed by atoms with Crippen molar-refractivity contribution in [3.63, 3.8) is 0 Å². The summed E-state index contributed by atoms with van der Waals surface area (Å²) in [5, 5.41) is 10.7. The molecule has 1 aliphatic heterocycles. The molecule has 0 atom stereocenters. The third-order valence-electron chi connectivity index (χ3n) is 5.13. The third kappa shape index (κ3) is 4.87. The first-order valence-corrected chi connectivity index (χ1v) is 9.16. The standard InChI is InChI=1S/C20H25N3O4/c1-26-18-11-16(12-19(13-18)27-2)4-3-15-7-9-22(10-8-15)20-6-5-17(14-21-20)23(24)25/h5-6,11-15H,3-4,7-10H2,1-2H3. The molecule has 7 heteroatoms. The second-order valence-electron chi connectivity index (χ2n) is 6.82. The molecular formula is C20H25N3O4. The van der Waals surface area contributed by atoms with Gasteiger partial charge < -0.3 is 14.4 Å². The molecule has 0 saturated carbocycles. The van der Waals surface area contributed by atoms with Crippen molar-refractivity contribution >= 4 is 11.5 Å². The van der Waals surface area contributed by atoms with Crippen molar-refractivity contribution in [1.29, 1.82) is 0 Å². The van der Waals surface area contributed by atoms with Gasteiger partial charge >= 0.3 is 0 Å². The maximum Gasteiger partial charge on any atom is 0.287 e. The first-order valence-electron chi connectivity index (χ1n) is 9.16. The van der Waals surface area contributed by atoms with Crippen LogP contribution < -0.4 is 14.4 Å². The Labute approximate surface area is 159 Å². The van der Waals surface area contributed by atoms with E-state index in [-0.39, 0.29) is 5.69 Å². The van der Waals surface area contributed by atoms with Gasteiger partial charge in [0.15, 0.2) is 0 Å². The number of rotatable bonds is 7. The highest BCUT2D eigenvalue weighted by atomic mass is 16.6. The van der Waals surface area contributed by atoms with Gasteiger partial charge in [-0.25, -0.2) is 4.98 Å². The summed E-state index contributed by atoms with van der Waals surface area (Å²) in [5.41, 5.74) is 1.26. The number of aromatic nitrogens is 1. The van der Waals surface area contributed by atoms with Gasteiger partial charge in [-0.3, -0.25) is 10.1 Å². The van der Waals surface area contributed by atoms with Gasteiger partial charge in [0.2, 0.25) is 0 Å². The molecule has 2 aromatic rings. The largest absolute Gasteiger partial charge is 0.497 e. The van der Waals surface area contributed by atoms with E-state index >= 15 is 0 Å². The number of pyridine rings is 1. The minimum absolute atomic E-state index is 0.0300. The Kier molecular flexibility index (Phi) is 6.11. The normalized spacial score (nSPS) is 14.8. The Bertz CT molecular complexity index is 749. The molecule has 1 saturated heterocycles. The predicted octanol–water partition coefficient (Wildman–Crippen LogP) is 3.86. The van der Waals surface area contributed by atoms with Crippen LogP contribution in [0.2, 0.25) is 0 Å². The molecule has 0 bridgehead atoms. The molecule has 7 nitrogen and oxygen atoms in total. The zero-order valence-corrected chi connectivity index (χ0v) is 15.8. The molecule has 0 spiro atoms. The summed E-state index contributed by atoms with van der Waals surface area (Å²) in [6.45, 7) is 1.85. The van der Waals surface area contributed by atoms with Crippen molar-refractivity contribution in [2.75, 3.05) is 32.2 Å². The number of benzene rings is 1. The molecule has 1 aromatic heterocycles. The van der Waals surface area contributed by atoms with Crippen LogP contribution in [-0.4, -0.2) is 37.2 Å². The molecule has 0 N–H and O–H groups in total. The summed E-state index contributed by atoms with van der Waals surface area (Å²) in [6.07, 6.45) is 5.64. The van der Waals surface area contributed by atoms with Gasteiger partial charge in [0, 0.05) is 25.2 Å². The summed E-state index contributed by atoms with van der Waals surface area (Å²) in [4.78, 5) is 16.8. The van der Waals surface area contributed by atoms with Gasteiger partial charge in [-0.2, -0.15) is 0 Å². The van der Waals surface area contributed by atoms with Crippen LogP contribution in [0.4, 0.5) is 11.5 Å². The predicted molar refractivity (Wildman–Crippen MR) is 104 cm³/mol. The van der Waals surface area contributed by atoms with E-state index in [4.69, 9.17) is 9.47 Å². The first-order chi connectivity index (χ1) is 13.1. The molecule has 1 aromatic carbocycles. The molecular weight excluding hydrogens is 346 g/mol. The molecule has 144 valence electrons. The topological polar surface area (TPSA) is 77.7 Å². The molecule has 3 rings (SSSR count). The van der Waals surface area contributed by atoms with Crippen LogP contribution >= 0.6 is 0 Å². The maximum absolute atomic E-state index is 10.7. The fourth-order valence-corrected chi connectivity index (χ4v) is 3.51. The van der Waals surface area contributed by atoms with Gasteiger partial charge in [0.1, 0.15) is 23.5 Å². The lowest BCUT2D eigenvalue weighted by Crippen LogP contribution is -2.34. The Morgan fingerprint density at radius 3 is 2.33 bits per heavy atom. The van der Waals surface area contributed by atoms with Gasteiger partial charge in [-0.05, 0) is 55.4 Å². The van der Waals surface area contributed by atoms with E-state index in [1.807, 2.05) is 6.07 Å². The summed E-state index contributed by atoms with van der Waals surface area (Å²) in [5.74, 6) is 3.12. The van der Waals surface area contributed by atoms with E-state index in [0.29, 0.717) is 5.92 Å². The Morgan fingerprint density at radius 2 is 1.81 bits per heavy atom. The van der Waals surface area contributed by atoms with Crippen molar-refractivity contribution in [2.45, 2.75) is 25.7 Å². The summed E-state index contributed by atoms with van der Waals surface area (Å²) in [6, 6.07) is 9.28. The highest BCUT2D eigenvalue weighted by Gasteiger charge is 2.20. The molecule has 1 fully saturated rings. The quantitative estimate of drug-likeness (QED) is 0.543. The number of aryl methyl sites for hydroxylation is 1. The van der Waals surface area contributed by atoms with Crippen LogP contribution in [-0.2, 0) is 6.42 Å². The number of ether oxygens (including phenoxy) is 2. The summed E-state index contributed by atoms with van der Waals surface area (Å²) < 4.78 is 10.7. The molecule has 0 amide bonds. The van der Waals surface area contributed by atoms with Gasteiger partial charge in [0.05, 0.1) is 19.1 Å². The average molecular weight is 371 g/mol. The van der Waals surface area contributed by atoms with Crippen LogP contribution in [0.25, 0.3) is 0 Å². The lowest BCUT2D eigenvalue weighted by atomic mass is 9.90. The number of anilines is 1. The van der Waals surface area contributed by atoms with Crippen molar-refractivity contribution in [1.82, 2.24) is 4.98 Å². The van der Waals surface area contributed by atoms with E-state index in [0.717, 1.165) is 56.1 Å². The van der Waals surface area contributed by atoms with E-state index in [2.05, 4.69) is 22.0 Å². The molecule has 27 heavy (non-hydrogen) atoms. The summed E-state index contributed by atoms with van der Waals surface area (Å²) >= 11 is 0. The molecule has 2 heterocycles. The molecule has 0 unspecified atom stereocenters. The Hall–Kier alpha value is -2.83. The fraction of sp³-hybridized carbons (Fsp3) is 0.450. The van der Waals surface area contributed by atoms with Crippen molar-refractivity contribution in [2.24, 2.45) is 5.92 Å². The van der Waals surface area contributed by atoms with Crippen molar-refractivity contribution in [3.05, 3.63) is 52.2 Å². The molecule has 0 radical (unpaired) electrons. The average Bonchev–Trinajstić information content (AvgIpc) is 2.72. The minimum Gasteiger partial charge on any atom is -0.497 e. The van der Waals surface area contributed by atoms with E-state index < -0.39 is 4.92 Å². The van der Waals surface area contributed by atoms with Crippen molar-refractivity contribution in [3.8, 4) is 11.5 Å². The first kappa shape index (κ1) is 18.9. The van der Waals surface area contributed by atoms with Crippen molar-refractivity contribution < 1.29 is 14.4 Å². The lowest BCUT2D eigenvalue weighted by molar-refractivity contribution is -0.385. The van der Waals surface area contributed by atoms with Crippen LogP contribution in [0, 0.1) is 16.0 Å². The van der Waals surface area contributed by atoms with E-state index in [9.17, 15) is 10.1 Å². The number of hydrogen-bond donors (Lipinski definition) is 0. The zero-order chi connectivity index (χ0) is 19.2. The fourth-order valence-electron chi connectivity index (χ4n) is 3.51.